The summed E-state index contributed by atoms with van der Waals surface area (Å²) in [4.78, 5) is 31.0. The molecule has 2 saturated heterocycles. The molecule has 0 aliphatic carbocycles. The lowest BCUT2D eigenvalue weighted by Crippen LogP contribution is -2.53. The first-order chi connectivity index (χ1) is 12.1. The number of piperazine rings is 1. The van der Waals surface area contributed by atoms with Crippen LogP contribution >= 0.6 is 24.8 Å². The van der Waals surface area contributed by atoms with E-state index in [4.69, 9.17) is 5.73 Å². The Hall–Kier alpha value is -0.560. The molecule has 0 aromatic rings. The number of rotatable bonds is 8. The van der Waals surface area contributed by atoms with Gasteiger partial charge in [0.25, 0.3) is 0 Å². The third-order valence-electron chi connectivity index (χ3n) is 5.55. The molecule has 0 aromatic heterocycles. The molecule has 1 unspecified atom stereocenters. The number of hydrogen-bond donors (Lipinski definition) is 1. The SMILES string of the molecule is CC1CCCCN1C(=O)CN1CCN(C(=O)CCCCCCN)CC1.Cl.Cl. The molecular weight excluding hydrogens is 387 g/mol. The Morgan fingerprint density at radius 2 is 1.56 bits per heavy atom. The van der Waals surface area contributed by atoms with Crippen LogP contribution in [0.5, 0.6) is 0 Å². The summed E-state index contributed by atoms with van der Waals surface area (Å²) in [6, 6.07) is 0.378. The summed E-state index contributed by atoms with van der Waals surface area (Å²) in [5.41, 5.74) is 5.48. The van der Waals surface area contributed by atoms with Gasteiger partial charge in [-0.15, -0.1) is 24.8 Å². The first kappa shape index (κ1) is 26.4. The molecule has 0 bridgehead atoms. The average Bonchev–Trinajstić information content (AvgIpc) is 2.62. The molecule has 2 amide bonds. The van der Waals surface area contributed by atoms with Crippen molar-refractivity contribution in [3.63, 3.8) is 0 Å². The van der Waals surface area contributed by atoms with Crippen LogP contribution in [-0.4, -0.2) is 78.4 Å². The molecule has 0 saturated carbocycles. The predicted molar refractivity (Wildman–Crippen MR) is 115 cm³/mol. The van der Waals surface area contributed by atoms with Gasteiger partial charge in [-0.1, -0.05) is 12.8 Å². The standard InChI is InChI=1S/C19H36N4O2.2ClH/c1-17-8-5-7-11-23(17)19(25)16-21-12-14-22(15-13-21)18(24)9-4-2-3-6-10-20;;/h17H,2-16,20H2,1H3;2*1H. The van der Waals surface area contributed by atoms with Gasteiger partial charge in [0.15, 0.2) is 0 Å². The van der Waals surface area contributed by atoms with Crippen LogP contribution in [0.3, 0.4) is 0 Å². The number of carbonyl (C=O) groups is 2. The number of nitrogens with zero attached hydrogens (tertiary/aromatic N) is 3. The van der Waals surface area contributed by atoms with Crippen molar-refractivity contribution in [1.29, 1.82) is 0 Å². The smallest absolute Gasteiger partial charge is 0.236 e. The van der Waals surface area contributed by atoms with Crippen LogP contribution in [0.4, 0.5) is 0 Å². The van der Waals surface area contributed by atoms with Crippen molar-refractivity contribution < 1.29 is 9.59 Å². The van der Waals surface area contributed by atoms with E-state index in [0.29, 0.717) is 19.0 Å². The summed E-state index contributed by atoms with van der Waals surface area (Å²) in [5, 5.41) is 0. The summed E-state index contributed by atoms with van der Waals surface area (Å²) in [7, 11) is 0. The highest BCUT2D eigenvalue weighted by molar-refractivity contribution is 5.85. The highest BCUT2D eigenvalue weighted by Gasteiger charge is 2.27. The van der Waals surface area contributed by atoms with Gasteiger partial charge in [-0.2, -0.15) is 0 Å². The van der Waals surface area contributed by atoms with E-state index in [-0.39, 0.29) is 36.6 Å². The summed E-state index contributed by atoms with van der Waals surface area (Å²) in [5.74, 6) is 0.523. The molecule has 2 heterocycles. The largest absolute Gasteiger partial charge is 0.340 e. The van der Waals surface area contributed by atoms with Gasteiger partial charge < -0.3 is 15.5 Å². The quantitative estimate of drug-likeness (QED) is 0.606. The van der Waals surface area contributed by atoms with Gasteiger partial charge in [-0.25, -0.2) is 0 Å². The van der Waals surface area contributed by atoms with E-state index in [1.807, 2.05) is 9.80 Å². The van der Waals surface area contributed by atoms with Crippen LogP contribution < -0.4 is 5.73 Å². The van der Waals surface area contributed by atoms with E-state index in [2.05, 4.69) is 11.8 Å². The molecule has 0 aromatic carbocycles. The van der Waals surface area contributed by atoms with Crippen molar-refractivity contribution in [2.75, 3.05) is 45.8 Å². The topological polar surface area (TPSA) is 69.9 Å². The number of carbonyl (C=O) groups excluding carboxylic acids is 2. The van der Waals surface area contributed by atoms with Crippen molar-refractivity contribution in [2.45, 2.75) is 64.3 Å². The van der Waals surface area contributed by atoms with Gasteiger partial charge >= 0.3 is 0 Å². The monoisotopic (exact) mass is 424 g/mol. The predicted octanol–water partition coefficient (Wildman–Crippen LogP) is 2.28. The lowest BCUT2D eigenvalue weighted by molar-refractivity contribution is -0.137. The van der Waals surface area contributed by atoms with E-state index < -0.39 is 0 Å². The third kappa shape index (κ3) is 8.99. The molecule has 2 rings (SSSR count). The summed E-state index contributed by atoms with van der Waals surface area (Å²) < 4.78 is 0. The molecule has 27 heavy (non-hydrogen) atoms. The minimum absolute atomic E-state index is 0. The molecule has 8 heteroatoms. The lowest BCUT2D eigenvalue weighted by atomic mass is 10.0. The van der Waals surface area contributed by atoms with Crippen LogP contribution in [0.1, 0.15) is 58.3 Å². The fraction of sp³-hybridized carbons (Fsp3) is 0.895. The van der Waals surface area contributed by atoms with Gasteiger partial charge in [0.1, 0.15) is 0 Å². The summed E-state index contributed by atoms with van der Waals surface area (Å²) in [6.45, 7) is 7.44. The number of amides is 2. The average molecular weight is 425 g/mol. The van der Waals surface area contributed by atoms with Gasteiger partial charge in [0.2, 0.25) is 11.8 Å². The van der Waals surface area contributed by atoms with Crippen LogP contribution in [0.15, 0.2) is 0 Å². The number of likely N-dealkylation sites (tertiary alicyclic amines) is 1. The van der Waals surface area contributed by atoms with E-state index in [0.717, 1.165) is 77.8 Å². The highest BCUT2D eigenvalue weighted by atomic mass is 35.5. The number of halogens is 2. The third-order valence-corrected chi connectivity index (χ3v) is 5.55. The van der Waals surface area contributed by atoms with Gasteiger partial charge in [-0.05, 0) is 45.6 Å². The normalized spacial score (nSPS) is 20.6. The van der Waals surface area contributed by atoms with Crippen LogP contribution in [0.2, 0.25) is 0 Å². The number of unbranched alkanes of at least 4 members (excludes halogenated alkanes) is 3. The van der Waals surface area contributed by atoms with E-state index in [1.165, 1.54) is 6.42 Å². The Morgan fingerprint density at radius 1 is 0.889 bits per heavy atom. The van der Waals surface area contributed by atoms with E-state index in [9.17, 15) is 9.59 Å². The van der Waals surface area contributed by atoms with E-state index >= 15 is 0 Å². The lowest BCUT2D eigenvalue weighted by Gasteiger charge is -2.38. The minimum Gasteiger partial charge on any atom is -0.340 e. The summed E-state index contributed by atoms with van der Waals surface area (Å²) in [6.07, 6.45) is 8.36. The van der Waals surface area contributed by atoms with Crippen molar-refractivity contribution in [3.05, 3.63) is 0 Å². The van der Waals surface area contributed by atoms with E-state index in [1.54, 1.807) is 0 Å². The minimum atomic E-state index is 0. The molecule has 2 aliphatic rings. The number of piperidine rings is 1. The fourth-order valence-corrected chi connectivity index (χ4v) is 3.84. The Balaban J connectivity index is 0.00000338. The molecule has 2 N–H and O–H groups in total. The van der Waals surface area contributed by atoms with Crippen molar-refractivity contribution in [2.24, 2.45) is 5.73 Å². The fourth-order valence-electron chi connectivity index (χ4n) is 3.84. The molecule has 0 spiro atoms. The van der Waals surface area contributed by atoms with Crippen molar-refractivity contribution in [1.82, 2.24) is 14.7 Å². The molecule has 2 fully saturated rings. The Labute approximate surface area is 177 Å². The first-order valence-electron chi connectivity index (χ1n) is 10.1. The van der Waals surface area contributed by atoms with Gasteiger partial charge in [-0.3, -0.25) is 14.5 Å². The second kappa shape index (κ2) is 14.4. The number of hydrogen-bond acceptors (Lipinski definition) is 4. The summed E-state index contributed by atoms with van der Waals surface area (Å²) >= 11 is 0. The van der Waals surface area contributed by atoms with Crippen molar-refractivity contribution >= 4 is 36.6 Å². The zero-order valence-corrected chi connectivity index (χ0v) is 18.4. The van der Waals surface area contributed by atoms with Crippen LogP contribution in [-0.2, 0) is 9.59 Å². The van der Waals surface area contributed by atoms with Crippen LogP contribution in [0, 0.1) is 0 Å². The maximum absolute atomic E-state index is 12.5. The molecule has 1 atom stereocenters. The molecular formula is C19H38Cl2N4O2. The Kier molecular flexibility index (Phi) is 14.1. The van der Waals surface area contributed by atoms with Gasteiger partial charge in [0.05, 0.1) is 6.54 Å². The molecule has 160 valence electrons. The van der Waals surface area contributed by atoms with Crippen LogP contribution in [0.25, 0.3) is 0 Å². The molecule has 0 radical (unpaired) electrons. The van der Waals surface area contributed by atoms with Crippen molar-refractivity contribution in [3.8, 4) is 0 Å². The number of nitrogens with two attached hydrogens (primary N) is 1. The first-order valence-corrected chi connectivity index (χ1v) is 10.1. The second-order valence-corrected chi connectivity index (χ2v) is 7.54. The van der Waals surface area contributed by atoms with Gasteiger partial charge in [0, 0.05) is 45.2 Å². The second-order valence-electron chi connectivity index (χ2n) is 7.54. The Morgan fingerprint density at radius 3 is 2.19 bits per heavy atom. The maximum atomic E-state index is 12.5. The molecule has 2 aliphatic heterocycles. The molecule has 6 nitrogen and oxygen atoms in total. The highest BCUT2D eigenvalue weighted by Crippen LogP contribution is 2.17. The zero-order chi connectivity index (χ0) is 18.1. The maximum Gasteiger partial charge on any atom is 0.236 e. The zero-order valence-electron chi connectivity index (χ0n) is 16.7. The Bertz CT molecular complexity index is 432.